The van der Waals surface area contributed by atoms with Crippen molar-refractivity contribution in [1.82, 2.24) is 0 Å². The first-order valence-corrected chi connectivity index (χ1v) is 10.1. The number of allylic oxidation sites excluding steroid dienone is 2. The van der Waals surface area contributed by atoms with E-state index in [0.717, 1.165) is 27.7 Å². The summed E-state index contributed by atoms with van der Waals surface area (Å²) in [5.41, 5.74) is 1.79. The van der Waals surface area contributed by atoms with Crippen molar-refractivity contribution in [1.29, 1.82) is 0 Å². The number of carbonyl (C=O) groups is 2. The number of hydrogen-bond donors (Lipinski definition) is 0. The van der Waals surface area contributed by atoms with E-state index < -0.39 is 0 Å². The van der Waals surface area contributed by atoms with Crippen molar-refractivity contribution in [3.8, 4) is 0 Å². The Hall–Kier alpha value is -2.04. The Morgan fingerprint density at radius 2 is 1.44 bits per heavy atom. The average Bonchev–Trinajstić information content (AvgIpc) is 2.69. The summed E-state index contributed by atoms with van der Waals surface area (Å²) >= 11 is 3.22. The Bertz CT molecular complexity index is 800. The number of ketones is 2. The third kappa shape index (κ3) is 4.74. The monoisotopic (exact) mass is 366 g/mol. The van der Waals surface area contributed by atoms with E-state index in [1.165, 1.54) is 6.08 Å². The summed E-state index contributed by atoms with van der Waals surface area (Å²) in [6.07, 6.45) is 4.37. The van der Waals surface area contributed by atoms with Crippen LogP contribution in [0.15, 0.2) is 76.5 Å². The molecular weight excluding hydrogens is 348 g/mol. The van der Waals surface area contributed by atoms with E-state index in [4.69, 9.17) is 0 Å². The minimum absolute atomic E-state index is 0.194. The first-order chi connectivity index (χ1) is 12.3. The maximum absolute atomic E-state index is 13.0. The maximum atomic E-state index is 13.0. The summed E-state index contributed by atoms with van der Waals surface area (Å²) in [4.78, 5) is 25.8. The van der Waals surface area contributed by atoms with Gasteiger partial charge in [-0.2, -0.15) is 0 Å². The fourth-order valence-corrected chi connectivity index (χ4v) is 5.07. The fraction of sp³-hybridized carbons (Fsp3) is 0.143. The number of rotatable bonds is 5. The predicted molar refractivity (Wildman–Crippen MR) is 108 cm³/mol. The molecule has 0 spiro atoms. The van der Waals surface area contributed by atoms with Gasteiger partial charge in [0, 0.05) is 5.56 Å². The van der Waals surface area contributed by atoms with Gasteiger partial charge in [-0.1, -0.05) is 66.7 Å². The summed E-state index contributed by atoms with van der Waals surface area (Å²) in [5, 5.41) is 0. The average molecular weight is 367 g/mol. The van der Waals surface area contributed by atoms with Gasteiger partial charge in [-0.3, -0.25) is 9.59 Å². The highest BCUT2D eigenvalue weighted by atomic mass is 32.2. The molecule has 0 radical (unpaired) electrons. The normalized spacial score (nSPS) is 14.5. The van der Waals surface area contributed by atoms with Crippen molar-refractivity contribution in [3.63, 3.8) is 0 Å². The van der Waals surface area contributed by atoms with Crippen LogP contribution in [0, 0.1) is 0 Å². The number of Topliss-reactive ketones (excluding diaryl/α,β-unsaturated/α-hetero) is 1. The molecule has 0 aromatic heterocycles. The minimum atomic E-state index is -0.227. The Kier molecular flexibility index (Phi) is 6.31. The Morgan fingerprint density at radius 3 is 2.08 bits per heavy atom. The topological polar surface area (TPSA) is 34.1 Å². The van der Waals surface area contributed by atoms with Crippen molar-refractivity contribution in [2.75, 3.05) is 11.5 Å². The van der Waals surface area contributed by atoms with Gasteiger partial charge in [0.25, 0.3) is 0 Å². The van der Waals surface area contributed by atoms with Crippen LogP contribution in [0.3, 0.4) is 0 Å². The van der Waals surface area contributed by atoms with Gasteiger partial charge in [0.15, 0.2) is 11.6 Å². The van der Waals surface area contributed by atoms with E-state index >= 15 is 0 Å². The highest BCUT2D eigenvalue weighted by molar-refractivity contribution is 8.22. The van der Waals surface area contributed by atoms with Crippen LogP contribution >= 0.6 is 23.5 Å². The molecule has 0 aliphatic carbocycles. The Labute approximate surface area is 156 Å². The lowest BCUT2D eigenvalue weighted by atomic mass is 10.0. The second-order valence-electron chi connectivity index (χ2n) is 5.52. The van der Waals surface area contributed by atoms with Gasteiger partial charge in [0.2, 0.25) is 0 Å². The molecule has 1 heterocycles. The lowest BCUT2D eigenvalue weighted by Gasteiger charge is -2.16. The standard InChI is InChI=1S/C21H18O2S2/c22-18(13-12-16-8-3-1-4-9-16)19(21-24-14-7-15-25-21)20(23)17-10-5-2-6-11-17/h1-6,8-13H,7,14-15H2. The highest BCUT2D eigenvalue weighted by Crippen LogP contribution is 2.38. The van der Waals surface area contributed by atoms with Crippen LogP contribution in [-0.2, 0) is 4.79 Å². The molecule has 1 saturated heterocycles. The first kappa shape index (κ1) is 17.8. The number of hydrogen-bond acceptors (Lipinski definition) is 4. The molecule has 1 aliphatic rings. The van der Waals surface area contributed by atoms with Gasteiger partial charge in [0.05, 0.1) is 9.81 Å². The number of carbonyl (C=O) groups excluding carboxylic acids is 2. The van der Waals surface area contributed by atoms with Crippen LogP contribution < -0.4 is 0 Å². The van der Waals surface area contributed by atoms with E-state index in [-0.39, 0.29) is 11.6 Å². The minimum Gasteiger partial charge on any atom is -0.289 e. The maximum Gasteiger partial charge on any atom is 0.198 e. The van der Waals surface area contributed by atoms with E-state index in [1.807, 2.05) is 48.5 Å². The van der Waals surface area contributed by atoms with Crippen molar-refractivity contribution < 1.29 is 9.59 Å². The molecule has 1 aliphatic heterocycles. The van der Waals surface area contributed by atoms with E-state index in [0.29, 0.717) is 11.1 Å². The lowest BCUT2D eigenvalue weighted by molar-refractivity contribution is -0.111. The lowest BCUT2D eigenvalue weighted by Crippen LogP contribution is -2.14. The van der Waals surface area contributed by atoms with Crippen molar-refractivity contribution in [2.24, 2.45) is 0 Å². The molecule has 0 unspecified atom stereocenters. The fourth-order valence-electron chi connectivity index (χ4n) is 2.43. The van der Waals surface area contributed by atoms with Crippen molar-refractivity contribution >= 4 is 41.2 Å². The molecule has 2 aromatic rings. The summed E-state index contributed by atoms with van der Waals surface area (Å²) < 4.78 is 0.850. The van der Waals surface area contributed by atoms with Gasteiger partial charge < -0.3 is 0 Å². The quantitative estimate of drug-likeness (QED) is 0.314. The largest absolute Gasteiger partial charge is 0.289 e. The molecule has 2 aromatic carbocycles. The zero-order valence-electron chi connectivity index (χ0n) is 13.7. The predicted octanol–water partition coefficient (Wildman–Crippen LogP) is 5.23. The van der Waals surface area contributed by atoms with Crippen molar-refractivity contribution in [3.05, 3.63) is 87.7 Å². The molecule has 126 valence electrons. The Morgan fingerprint density at radius 1 is 0.840 bits per heavy atom. The molecule has 3 rings (SSSR count). The summed E-state index contributed by atoms with van der Waals surface area (Å²) in [6.45, 7) is 0. The third-order valence-corrected chi connectivity index (χ3v) is 6.32. The van der Waals surface area contributed by atoms with Gasteiger partial charge in [0.1, 0.15) is 0 Å². The smallest absolute Gasteiger partial charge is 0.198 e. The summed E-state index contributed by atoms with van der Waals surface area (Å²) in [7, 11) is 0. The molecule has 1 fully saturated rings. The molecule has 4 heteroatoms. The van der Waals surface area contributed by atoms with E-state index in [2.05, 4.69) is 0 Å². The molecule has 0 saturated carbocycles. The van der Waals surface area contributed by atoms with E-state index in [9.17, 15) is 9.59 Å². The van der Waals surface area contributed by atoms with Crippen LogP contribution in [0.4, 0.5) is 0 Å². The van der Waals surface area contributed by atoms with Crippen molar-refractivity contribution in [2.45, 2.75) is 6.42 Å². The summed E-state index contributed by atoms with van der Waals surface area (Å²) in [6, 6.07) is 18.7. The highest BCUT2D eigenvalue weighted by Gasteiger charge is 2.24. The number of thioether (sulfide) groups is 2. The van der Waals surface area contributed by atoms with Crippen LogP contribution in [0.2, 0.25) is 0 Å². The first-order valence-electron chi connectivity index (χ1n) is 8.13. The van der Waals surface area contributed by atoms with Gasteiger partial charge >= 0.3 is 0 Å². The van der Waals surface area contributed by atoms with Gasteiger partial charge in [-0.15, -0.1) is 23.5 Å². The molecule has 0 amide bonds. The van der Waals surface area contributed by atoms with Crippen LogP contribution in [0.5, 0.6) is 0 Å². The zero-order chi connectivity index (χ0) is 17.5. The third-order valence-electron chi connectivity index (χ3n) is 3.70. The number of benzene rings is 2. The molecule has 0 bridgehead atoms. The second-order valence-corrected chi connectivity index (χ2v) is 7.99. The van der Waals surface area contributed by atoms with E-state index in [1.54, 1.807) is 41.7 Å². The zero-order valence-corrected chi connectivity index (χ0v) is 15.3. The van der Waals surface area contributed by atoms with Crippen LogP contribution in [0.1, 0.15) is 22.3 Å². The Balaban J connectivity index is 1.92. The molecular formula is C21H18O2S2. The SMILES string of the molecule is O=C(C=Cc1ccccc1)C(C(=O)c1ccccc1)=C1SCCCS1. The summed E-state index contributed by atoms with van der Waals surface area (Å²) in [5.74, 6) is 1.47. The molecule has 2 nitrogen and oxygen atoms in total. The van der Waals surface area contributed by atoms with Crippen LogP contribution in [-0.4, -0.2) is 23.1 Å². The molecule has 0 N–H and O–H groups in total. The molecule has 0 atom stereocenters. The van der Waals surface area contributed by atoms with Gasteiger partial charge in [-0.05, 0) is 29.6 Å². The second kappa shape index (κ2) is 8.88. The molecule has 25 heavy (non-hydrogen) atoms. The van der Waals surface area contributed by atoms with Crippen LogP contribution in [0.25, 0.3) is 6.08 Å². The van der Waals surface area contributed by atoms with Gasteiger partial charge in [-0.25, -0.2) is 0 Å².